The number of aromatic nitrogens is 2. The topological polar surface area (TPSA) is 75.3 Å². The van der Waals surface area contributed by atoms with Crippen LogP contribution in [0.15, 0.2) is 29.1 Å². The molecule has 1 aliphatic rings. The standard InChI is InChI=1S/C23H27N3O3S/c1-15-7-9-16(10-8-15)29-14-13-26(2)20(27)12-11-19-24-22(28)21-17-5-3-4-6-18(17)30-23(21)25-19/h7-10H,3-6,11-14H2,1-2H3,(H,24,25,28). The first-order valence-corrected chi connectivity index (χ1v) is 11.3. The van der Waals surface area contributed by atoms with Gasteiger partial charge in [-0.15, -0.1) is 11.3 Å². The third-order valence-corrected chi connectivity index (χ3v) is 6.78. The summed E-state index contributed by atoms with van der Waals surface area (Å²) in [6, 6.07) is 7.85. The minimum absolute atomic E-state index is 0.00993. The summed E-state index contributed by atoms with van der Waals surface area (Å²) < 4.78 is 5.70. The maximum atomic E-state index is 12.6. The number of aromatic amines is 1. The van der Waals surface area contributed by atoms with Gasteiger partial charge in [-0.2, -0.15) is 0 Å². The van der Waals surface area contributed by atoms with Crippen molar-refractivity contribution in [3.8, 4) is 5.75 Å². The van der Waals surface area contributed by atoms with Gasteiger partial charge in [0.25, 0.3) is 5.56 Å². The van der Waals surface area contributed by atoms with E-state index in [2.05, 4.69) is 9.97 Å². The molecule has 1 aromatic carbocycles. The Morgan fingerprint density at radius 1 is 1.23 bits per heavy atom. The molecule has 0 atom stereocenters. The summed E-state index contributed by atoms with van der Waals surface area (Å²) in [5.41, 5.74) is 2.30. The van der Waals surface area contributed by atoms with Crippen LogP contribution in [0.2, 0.25) is 0 Å². The van der Waals surface area contributed by atoms with Gasteiger partial charge in [0.05, 0.1) is 11.9 Å². The summed E-state index contributed by atoms with van der Waals surface area (Å²) in [4.78, 5) is 36.4. The van der Waals surface area contributed by atoms with Crippen molar-refractivity contribution in [2.45, 2.75) is 45.4 Å². The van der Waals surface area contributed by atoms with Crippen LogP contribution in [0.25, 0.3) is 10.2 Å². The number of fused-ring (bicyclic) bond motifs is 3. The maximum absolute atomic E-state index is 12.6. The molecule has 1 N–H and O–H groups in total. The Labute approximate surface area is 179 Å². The molecule has 1 aliphatic carbocycles. The molecule has 3 aromatic rings. The van der Waals surface area contributed by atoms with Crippen LogP contribution in [-0.4, -0.2) is 41.0 Å². The van der Waals surface area contributed by atoms with Gasteiger partial charge < -0.3 is 14.6 Å². The van der Waals surface area contributed by atoms with E-state index in [9.17, 15) is 9.59 Å². The van der Waals surface area contributed by atoms with Gasteiger partial charge in [0.15, 0.2) is 0 Å². The molecule has 4 rings (SSSR count). The fraction of sp³-hybridized carbons (Fsp3) is 0.435. The molecule has 0 saturated heterocycles. The van der Waals surface area contributed by atoms with E-state index in [0.29, 0.717) is 31.8 Å². The highest BCUT2D eigenvalue weighted by molar-refractivity contribution is 7.18. The normalized spacial score (nSPS) is 13.3. The van der Waals surface area contributed by atoms with E-state index in [1.807, 2.05) is 31.2 Å². The van der Waals surface area contributed by atoms with Crippen molar-refractivity contribution in [3.05, 3.63) is 56.4 Å². The van der Waals surface area contributed by atoms with Crippen LogP contribution in [0.3, 0.4) is 0 Å². The monoisotopic (exact) mass is 425 g/mol. The zero-order chi connectivity index (χ0) is 21.1. The molecule has 0 fully saturated rings. The number of hydrogen-bond donors (Lipinski definition) is 1. The van der Waals surface area contributed by atoms with Gasteiger partial charge in [-0.25, -0.2) is 4.98 Å². The second-order valence-electron chi connectivity index (χ2n) is 7.88. The SMILES string of the molecule is Cc1ccc(OCCN(C)C(=O)CCc2nc3sc4c(c3c(=O)[nH]2)CCCC4)cc1. The predicted molar refractivity (Wildman–Crippen MR) is 120 cm³/mol. The Bertz CT molecular complexity index is 1100. The van der Waals surface area contributed by atoms with Gasteiger partial charge in [0.2, 0.25) is 5.91 Å². The fourth-order valence-corrected chi connectivity index (χ4v) is 5.08. The lowest BCUT2D eigenvalue weighted by molar-refractivity contribution is -0.130. The average molecular weight is 426 g/mol. The molecule has 30 heavy (non-hydrogen) atoms. The first-order chi connectivity index (χ1) is 14.5. The van der Waals surface area contributed by atoms with Gasteiger partial charge in [-0.1, -0.05) is 17.7 Å². The van der Waals surface area contributed by atoms with E-state index in [-0.39, 0.29) is 11.5 Å². The Balaban J connectivity index is 1.32. The number of thiophene rings is 1. The zero-order valence-electron chi connectivity index (χ0n) is 17.5. The van der Waals surface area contributed by atoms with Crippen LogP contribution in [0.5, 0.6) is 5.75 Å². The van der Waals surface area contributed by atoms with E-state index < -0.39 is 0 Å². The second kappa shape index (κ2) is 9.00. The number of rotatable bonds is 7. The van der Waals surface area contributed by atoms with Crippen LogP contribution in [0, 0.1) is 6.92 Å². The van der Waals surface area contributed by atoms with Crippen LogP contribution in [0.4, 0.5) is 0 Å². The van der Waals surface area contributed by atoms with Gasteiger partial charge >= 0.3 is 0 Å². The van der Waals surface area contributed by atoms with Crippen LogP contribution in [0.1, 0.15) is 41.1 Å². The zero-order valence-corrected chi connectivity index (χ0v) is 18.3. The molecule has 0 unspecified atom stereocenters. The Kier molecular flexibility index (Phi) is 6.18. The van der Waals surface area contributed by atoms with Crippen molar-refractivity contribution in [3.63, 3.8) is 0 Å². The highest BCUT2D eigenvalue weighted by Crippen LogP contribution is 2.33. The first-order valence-electron chi connectivity index (χ1n) is 10.5. The molecule has 0 spiro atoms. The average Bonchev–Trinajstić information content (AvgIpc) is 3.12. The summed E-state index contributed by atoms with van der Waals surface area (Å²) in [5.74, 6) is 1.40. The molecule has 6 nitrogen and oxygen atoms in total. The third-order valence-electron chi connectivity index (χ3n) is 5.59. The minimum Gasteiger partial charge on any atom is -0.492 e. The van der Waals surface area contributed by atoms with Crippen molar-refractivity contribution in [1.82, 2.24) is 14.9 Å². The number of carbonyl (C=O) groups excluding carboxylic acids is 1. The number of ether oxygens (including phenoxy) is 1. The van der Waals surface area contributed by atoms with Crippen LogP contribution >= 0.6 is 11.3 Å². The van der Waals surface area contributed by atoms with E-state index in [1.165, 1.54) is 22.4 Å². The van der Waals surface area contributed by atoms with Gasteiger partial charge in [0.1, 0.15) is 23.0 Å². The molecule has 1 amide bonds. The number of likely N-dealkylation sites (N-methyl/N-ethyl adjacent to an activating group) is 1. The van der Waals surface area contributed by atoms with Crippen molar-refractivity contribution < 1.29 is 9.53 Å². The summed E-state index contributed by atoms with van der Waals surface area (Å²) in [6.07, 6.45) is 5.05. The molecule has 7 heteroatoms. The van der Waals surface area contributed by atoms with E-state index in [1.54, 1.807) is 23.3 Å². The number of amides is 1. The van der Waals surface area contributed by atoms with Crippen molar-refractivity contribution >= 4 is 27.5 Å². The largest absolute Gasteiger partial charge is 0.492 e. The minimum atomic E-state index is -0.0679. The van der Waals surface area contributed by atoms with Gasteiger partial charge in [-0.05, 0) is 50.3 Å². The number of aryl methyl sites for hydroxylation is 4. The molecule has 2 heterocycles. The summed E-state index contributed by atoms with van der Waals surface area (Å²) in [7, 11) is 1.77. The smallest absolute Gasteiger partial charge is 0.259 e. The number of H-pyrrole nitrogens is 1. The molecule has 0 aliphatic heterocycles. The fourth-order valence-electron chi connectivity index (χ4n) is 3.80. The molecule has 0 saturated carbocycles. The maximum Gasteiger partial charge on any atom is 0.259 e. The van der Waals surface area contributed by atoms with E-state index in [4.69, 9.17) is 4.74 Å². The Morgan fingerprint density at radius 2 is 2.00 bits per heavy atom. The van der Waals surface area contributed by atoms with Gasteiger partial charge in [-0.3, -0.25) is 9.59 Å². The number of benzene rings is 1. The highest BCUT2D eigenvalue weighted by atomic mass is 32.1. The quantitative estimate of drug-likeness (QED) is 0.627. The van der Waals surface area contributed by atoms with Crippen molar-refractivity contribution in [1.29, 1.82) is 0 Å². The first kappa shape index (κ1) is 20.6. The van der Waals surface area contributed by atoms with Crippen molar-refractivity contribution in [2.24, 2.45) is 0 Å². The summed E-state index contributed by atoms with van der Waals surface area (Å²) in [5, 5.41) is 0.759. The number of hydrogen-bond acceptors (Lipinski definition) is 5. The lowest BCUT2D eigenvalue weighted by atomic mass is 9.97. The lowest BCUT2D eigenvalue weighted by Gasteiger charge is -2.17. The summed E-state index contributed by atoms with van der Waals surface area (Å²) in [6.45, 7) is 2.98. The second-order valence-corrected chi connectivity index (χ2v) is 8.96. The van der Waals surface area contributed by atoms with Crippen molar-refractivity contribution in [2.75, 3.05) is 20.2 Å². The summed E-state index contributed by atoms with van der Waals surface area (Å²) >= 11 is 1.64. The molecule has 2 aromatic heterocycles. The molecule has 0 radical (unpaired) electrons. The molecular weight excluding hydrogens is 398 g/mol. The predicted octanol–water partition coefficient (Wildman–Crippen LogP) is 3.64. The molecule has 158 valence electrons. The highest BCUT2D eigenvalue weighted by Gasteiger charge is 2.20. The number of carbonyl (C=O) groups is 1. The Morgan fingerprint density at radius 3 is 2.80 bits per heavy atom. The third kappa shape index (κ3) is 4.56. The van der Waals surface area contributed by atoms with Crippen LogP contribution in [-0.2, 0) is 24.1 Å². The van der Waals surface area contributed by atoms with E-state index >= 15 is 0 Å². The number of nitrogens with one attached hydrogen (secondary N) is 1. The molecular formula is C23H27N3O3S. The number of nitrogens with zero attached hydrogens (tertiary/aromatic N) is 2. The Hall–Kier alpha value is -2.67. The van der Waals surface area contributed by atoms with E-state index in [0.717, 1.165) is 35.2 Å². The molecule has 0 bridgehead atoms. The van der Waals surface area contributed by atoms with Gasteiger partial charge in [0, 0.05) is 24.8 Å². The van der Waals surface area contributed by atoms with Crippen LogP contribution < -0.4 is 10.3 Å². The lowest BCUT2D eigenvalue weighted by Crippen LogP contribution is -2.31.